The van der Waals surface area contributed by atoms with Crippen LogP contribution in [0.1, 0.15) is 49.1 Å². The third kappa shape index (κ3) is 3.48. The first-order valence-corrected chi connectivity index (χ1v) is 10.6. The van der Waals surface area contributed by atoms with Gasteiger partial charge in [0.2, 0.25) is 5.91 Å². The number of hydrogen-bond acceptors (Lipinski definition) is 6. The average Bonchev–Trinajstić information content (AvgIpc) is 3.40. The molecule has 0 spiro atoms. The zero-order chi connectivity index (χ0) is 21.5. The first-order valence-electron chi connectivity index (χ1n) is 10.6. The number of ether oxygens (including phenoxy) is 2. The van der Waals surface area contributed by atoms with Gasteiger partial charge in [-0.3, -0.25) is 9.48 Å². The van der Waals surface area contributed by atoms with Crippen LogP contribution in [-0.4, -0.2) is 55.1 Å². The van der Waals surface area contributed by atoms with Crippen molar-refractivity contribution in [2.24, 2.45) is 7.05 Å². The molecule has 1 saturated heterocycles. The Kier molecular flexibility index (Phi) is 4.97. The van der Waals surface area contributed by atoms with Crippen molar-refractivity contribution in [3.8, 4) is 11.6 Å². The largest absolute Gasteiger partial charge is 0.497 e. The topological polar surface area (TPSA) is 87.3 Å². The van der Waals surface area contributed by atoms with Gasteiger partial charge >= 0.3 is 0 Å². The van der Waals surface area contributed by atoms with E-state index in [1.165, 1.54) is 0 Å². The van der Waals surface area contributed by atoms with Crippen molar-refractivity contribution >= 4 is 5.91 Å². The van der Waals surface area contributed by atoms with E-state index in [9.17, 15) is 4.79 Å². The van der Waals surface area contributed by atoms with Crippen LogP contribution in [0.3, 0.4) is 0 Å². The quantitative estimate of drug-likeness (QED) is 0.606. The zero-order valence-electron chi connectivity index (χ0n) is 17.9. The zero-order valence-corrected chi connectivity index (χ0v) is 17.9. The summed E-state index contributed by atoms with van der Waals surface area (Å²) in [5.74, 6) is 2.99. The molecule has 1 amide bonds. The number of carbonyl (C=O) groups excluding carboxylic acids is 1. The summed E-state index contributed by atoms with van der Waals surface area (Å²) in [6.07, 6.45) is 4.01. The van der Waals surface area contributed by atoms with Gasteiger partial charge in [-0.2, -0.15) is 9.78 Å². The maximum absolute atomic E-state index is 12.9. The summed E-state index contributed by atoms with van der Waals surface area (Å²) in [4.78, 5) is 19.7. The van der Waals surface area contributed by atoms with E-state index < -0.39 is 6.10 Å². The molecule has 0 unspecified atom stereocenters. The molecule has 1 aliphatic heterocycles. The fourth-order valence-electron chi connectivity index (χ4n) is 4.21. The van der Waals surface area contributed by atoms with Gasteiger partial charge in [-0.25, -0.2) is 4.98 Å². The summed E-state index contributed by atoms with van der Waals surface area (Å²) in [6.45, 7) is 2.06. The van der Waals surface area contributed by atoms with Crippen LogP contribution in [0, 0.1) is 0 Å². The van der Waals surface area contributed by atoms with E-state index in [-0.39, 0.29) is 24.6 Å². The summed E-state index contributed by atoms with van der Waals surface area (Å²) in [5, 5.41) is 8.99. The number of amides is 1. The second-order valence-corrected chi connectivity index (χ2v) is 7.95. The van der Waals surface area contributed by atoms with Crippen molar-refractivity contribution in [2.45, 2.75) is 44.4 Å². The van der Waals surface area contributed by atoms with Gasteiger partial charge in [0.15, 0.2) is 17.5 Å². The number of methoxy groups -OCH3 is 1. The summed E-state index contributed by atoms with van der Waals surface area (Å²) < 4.78 is 15.1. The summed E-state index contributed by atoms with van der Waals surface area (Å²) in [5.41, 5.74) is 0.989. The van der Waals surface area contributed by atoms with Crippen molar-refractivity contribution in [1.29, 1.82) is 0 Å². The van der Waals surface area contributed by atoms with Gasteiger partial charge in [0.25, 0.3) is 0 Å². The fourth-order valence-corrected chi connectivity index (χ4v) is 4.21. The molecule has 3 heterocycles. The molecule has 9 nitrogen and oxygen atoms in total. The second kappa shape index (κ2) is 7.81. The van der Waals surface area contributed by atoms with E-state index in [1.807, 2.05) is 49.2 Å². The number of aryl methyl sites for hydroxylation is 2. The Morgan fingerprint density at radius 3 is 2.58 bits per heavy atom. The summed E-state index contributed by atoms with van der Waals surface area (Å²) in [7, 11) is 3.51. The summed E-state index contributed by atoms with van der Waals surface area (Å²) >= 11 is 0. The van der Waals surface area contributed by atoms with Gasteiger partial charge in [-0.05, 0) is 30.5 Å². The van der Waals surface area contributed by atoms with Crippen LogP contribution < -0.4 is 4.74 Å². The Morgan fingerprint density at radius 1 is 1.19 bits per heavy atom. The Morgan fingerprint density at radius 2 is 1.97 bits per heavy atom. The third-order valence-electron chi connectivity index (χ3n) is 5.92. The number of benzene rings is 1. The van der Waals surface area contributed by atoms with Crippen molar-refractivity contribution in [2.75, 3.05) is 13.7 Å². The van der Waals surface area contributed by atoms with E-state index in [0.717, 1.165) is 35.8 Å². The van der Waals surface area contributed by atoms with E-state index in [2.05, 4.69) is 5.10 Å². The van der Waals surface area contributed by atoms with E-state index in [4.69, 9.17) is 19.6 Å². The Hall–Kier alpha value is -3.20. The van der Waals surface area contributed by atoms with Crippen molar-refractivity contribution in [3.63, 3.8) is 0 Å². The van der Waals surface area contributed by atoms with Gasteiger partial charge in [0.05, 0.1) is 19.3 Å². The van der Waals surface area contributed by atoms with E-state index >= 15 is 0 Å². The van der Waals surface area contributed by atoms with Crippen molar-refractivity contribution in [1.82, 2.24) is 29.4 Å². The lowest BCUT2D eigenvalue weighted by atomic mass is 9.96. The lowest BCUT2D eigenvalue weighted by molar-refractivity contribution is -0.160. The van der Waals surface area contributed by atoms with Gasteiger partial charge in [0, 0.05) is 25.6 Å². The molecule has 1 saturated carbocycles. The monoisotopic (exact) mass is 422 g/mol. The molecule has 1 aromatic carbocycles. The molecule has 0 bridgehead atoms. The van der Waals surface area contributed by atoms with E-state index in [1.54, 1.807) is 22.7 Å². The maximum Gasteiger partial charge on any atom is 0.249 e. The van der Waals surface area contributed by atoms with Gasteiger partial charge in [-0.1, -0.05) is 19.1 Å². The molecule has 0 N–H and O–H groups in total. The highest BCUT2D eigenvalue weighted by atomic mass is 16.5. The lowest BCUT2D eigenvalue weighted by Crippen LogP contribution is -2.47. The molecule has 31 heavy (non-hydrogen) atoms. The molecule has 2 atom stereocenters. The van der Waals surface area contributed by atoms with Crippen LogP contribution in [0.15, 0.2) is 36.5 Å². The number of hydrogen-bond donors (Lipinski definition) is 0. The van der Waals surface area contributed by atoms with Crippen molar-refractivity contribution in [3.05, 3.63) is 53.7 Å². The Balaban J connectivity index is 1.63. The highest BCUT2D eigenvalue weighted by Gasteiger charge is 2.47. The summed E-state index contributed by atoms with van der Waals surface area (Å²) in [6, 6.07) is 9.68. The minimum Gasteiger partial charge on any atom is -0.497 e. The maximum atomic E-state index is 12.9. The minimum absolute atomic E-state index is 0.0156. The Bertz CT molecular complexity index is 1090. The lowest BCUT2D eigenvalue weighted by Gasteiger charge is -2.41. The second-order valence-electron chi connectivity index (χ2n) is 7.95. The SMILES string of the molecule is CCc1nc([C@H]2OCC(=O)N(C3CC3)[C@@H]2c2ccc(OC)cc2)n(-c2ccnn2C)n1. The minimum atomic E-state index is -0.450. The predicted molar refractivity (Wildman–Crippen MR) is 112 cm³/mol. The van der Waals surface area contributed by atoms with Gasteiger partial charge in [0.1, 0.15) is 18.5 Å². The molecule has 2 aliphatic rings. The molecule has 5 rings (SSSR count). The first kappa shape index (κ1) is 19.7. The van der Waals surface area contributed by atoms with E-state index in [0.29, 0.717) is 12.2 Å². The first-order chi connectivity index (χ1) is 15.1. The number of aromatic nitrogens is 5. The standard InChI is InChI=1S/C22H26N6O3/c1-4-17-24-22(28(25-17)18-11-12-23-26(18)2)21-20(14-5-9-16(30-3)10-6-14)27(15-7-8-15)19(29)13-31-21/h5-6,9-12,15,20-21H,4,7-8,13H2,1-3H3/t20-,21+/m1/s1. The van der Waals surface area contributed by atoms with Crippen molar-refractivity contribution < 1.29 is 14.3 Å². The molecule has 9 heteroatoms. The molecule has 162 valence electrons. The molecule has 3 aromatic rings. The highest BCUT2D eigenvalue weighted by Crippen LogP contribution is 2.45. The van der Waals surface area contributed by atoms with Gasteiger partial charge in [-0.15, -0.1) is 5.10 Å². The number of nitrogens with zero attached hydrogens (tertiary/aromatic N) is 6. The number of morpholine rings is 1. The molecular formula is C22H26N6O3. The molecule has 2 aromatic heterocycles. The highest BCUT2D eigenvalue weighted by molar-refractivity contribution is 5.79. The average molecular weight is 422 g/mol. The van der Waals surface area contributed by atoms with Gasteiger partial charge < -0.3 is 14.4 Å². The normalized spacial score (nSPS) is 21.5. The fraction of sp³-hybridized carbons (Fsp3) is 0.455. The number of rotatable bonds is 6. The Labute approximate surface area is 180 Å². The smallest absolute Gasteiger partial charge is 0.249 e. The van der Waals surface area contributed by atoms with Crippen LogP contribution in [0.25, 0.3) is 5.82 Å². The molecular weight excluding hydrogens is 396 g/mol. The van der Waals surface area contributed by atoms with Crippen LogP contribution in [0.2, 0.25) is 0 Å². The van der Waals surface area contributed by atoms with Crippen LogP contribution >= 0.6 is 0 Å². The van der Waals surface area contributed by atoms with Crippen LogP contribution in [0.5, 0.6) is 5.75 Å². The molecule has 0 radical (unpaired) electrons. The van der Waals surface area contributed by atoms with Crippen LogP contribution in [0.4, 0.5) is 0 Å². The molecule has 1 aliphatic carbocycles. The molecule has 2 fully saturated rings. The number of carbonyl (C=O) groups is 1. The third-order valence-corrected chi connectivity index (χ3v) is 5.92. The predicted octanol–water partition coefficient (Wildman–Crippen LogP) is 2.38. The van der Waals surface area contributed by atoms with Crippen LogP contribution in [-0.2, 0) is 23.0 Å².